The van der Waals surface area contributed by atoms with Gasteiger partial charge in [0, 0.05) is 31.3 Å². The smallest absolute Gasteiger partial charge is 0.292 e. The van der Waals surface area contributed by atoms with Crippen LogP contribution < -0.4 is 10.6 Å². The van der Waals surface area contributed by atoms with Gasteiger partial charge in [0.15, 0.2) is 0 Å². The number of amides is 1. The Labute approximate surface area is 122 Å². The monoisotopic (exact) mass is 293 g/mol. The summed E-state index contributed by atoms with van der Waals surface area (Å²) in [5.41, 5.74) is 1.88. The van der Waals surface area contributed by atoms with E-state index in [9.17, 15) is 14.9 Å². The number of benzene rings is 1. The van der Waals surface area contributed by atoms with E-state index in [1.54, 1.807) is 13.2 Å². The van der Waals surface area contributed by atoms with Crippen molar-refractivity contribution in [2.45, 2.75) is 32.2 Å². The third-order valence-corrected chi connectivity index (χ3v) is 3.53. The summed E-state index contributed by atoms with van der Waals surface area (Å²) in [5, 5.41) is 17.1. The maximum Gasteiger partial charge on any atom is 0.292 e. The van der Waals surface area contributed by atoms with Gasteiger partial charge in [0.05, 0.1) is 11.5 Å². The summed E-state index contributed by atoms with van der Waals surface area (Å²) in [7, 11) is 1.59. The highest BCUT2D eigenvalue weighted by Gasteiger charge is 2.23. The highest BCUT2D eigenvalue weighted by atomic mass is 16.6. The van der Waals surface area contributed by atoms with Crippen LogP contribution in [0.2, 0.25) is 0 Å². The van der Waals surface area contributed by atoms with E-state index < -0.39 is 4.92 Å². The molecule has 1 aliphatic heterocycles. The molecule has 0 spiro atoms. The molecule has 1 heterocycles. The van der Waals surface area contributed by atoms with E-state index in [0.29, 0.717) is 30.8 Å². The van der Waals surface area contributed by atoms with Crippen LogP contribution in [0.1, 0.15) is 25.3 Å². The van der Waals surface area contributed by atoms with Crippen LogP contribution in [0.25, 0.3) is 0 Å². The van der Waals surface area contributed by atoms with Crippen LogP contribution in [-0.2, 0) is 16.0 Å². The van der Waals surface area contributed by atoms with Crippen molar-refractivity contribution in [2.75, 3.05) is 24.4 Å². The number of fused-ring (bicyclic) bond motifs is 1. The number of carbonyl (C=O) groups excluding carboxylic acids is 1. The van der Waals surface area contributed by atoms with Gasteiger partial charge in [-0.25, -0.2) is 0 Å². The van der Waals surface area contributed by atoms with Gasteiger partial charge in [-0.2, -0.15) is 0 Å². The second-order valence-corrected chi connectivity index (χ2v) is 5.04. The molecule has 1 aliphatic rings. The molecule has 0 bridgehead atoms. The molecule has 2 rings (SSSR count). The lowest BCUT2D eigenvalue weighted by atomic mass is 10.0. The van der Waals surface area contributed by atoms with Crippen LogP contribution in [0.4, 0.5) is 17.1 Å². The van der Waals surface area contributed by atoms with E-state index >= 15 is 0 Å². The Morgan fingerprint density at radius 2 is 2.24 bits per heavy atom. The quantitative estimate of drug-likeness (QED) is 0.620. The van der Waals surface area contributed by atoms with Crippen LogP contribution in [0.5, 0.6) is 0 Å². The van der Waals surface area contributed by atoms with Crippen molar-refractivity contribution in [3.05, 3.63) is 27.8 Å². The van der Waals surface area contributed by atoms with Gasteiger partial charge in [0.25, 0.3) is 5.69 Å². The third-order valence-electron chi connectivity index (χ3n) is 3.53. The number of anilines is 2. The summed E-state index contributed by atoms with van der Waals surface area (Å²) in [6.45, 7) is 2.43. The molecule has 0 fully saturated rings. The SMILES string of the molecule is CCC(COC)Nc1cc2c(cc1[N+](=O)[O-])CCC(=O)N2. The maximum atomic E-state index is 11.5. The number of nitro groups is 1. The van der Waals surface area contributed by atoms with Gasteiger partial charge < -0.3 is 15.4 Å². The Kier molecular flexibility index (Phi) is 4.74. The molecule has 0 aliphatic carbocycles. The molecule has 1 atom stereocenters. The zero-order valence-corrected chi connectivity index (χ0v) is 12.1. The van der Waals surface area contributed by atoms with Crippen molar-refractivity contribution in [1.29, 1.82) is 0 Å². The Morgan fingerprint density at radius 3 is 2.86 bits per heavy atom. The summed E-state index contributed by atoms with van der Waals surface area (Å²) in [6, 6.07) is 3.16. The minimum absolute atomic E-state index is 0.0222. The molecular formula is C14H19N3O4. The largest absolute Gasteiger partial charge is 0.383 e. The second-order valence-electron chi connectivity index (χ2n) is 5.04. The minimum atomic E-state index is -0.404. The predicted octanol–water partition coefficient (Wildman–Crippen LogP) is 2.32. The summed E-state index contributed by atoms with van der Waals surface area (Å²) in [6.07, 6.45) is 1.66. The van der Waals surface area contributed by atoms with E-state index in [0.717, 1.165) is 12.0 Å². The highest BCUT2D eigenvalue weighted by molar-refractivity contribution is 5.95. The fraction of sp³-hybridized carbons (Fsp3) is 0.500. The van der Waals surface area contributed by atoms with Crippen LogP contribution in [-0.4, -0.2) is 30.6 Å². The molecule has 0 saturated carbocycles. The number of hydrogen-bond acceptors (Lipinski definition) is 5. The molecule has 7 heteroatoms. The number of rotatable bonds is 6. The van der Waals surface area contributed by atoms with Gasteiger partial charge >= 0.3 is 0 Å². The van der Waals surface area contributed by atoms with E-state index in [4.69, 9.17) is 4.74 Å². The topological polar surface area (TPSA) is 93.5 Å². The molecule has 1 amide bonds. The molecule has 0 saturated heterocycles. The van der Waals surface area contributed by atoms with Crippen molar-refractivity contribution >= 4 is 23.0 Å². The lowest BCUT2D eigenvalue weighted by Gasteiger charge is -2.21. The van der Waals surface area contributed by atoms with Crippen LogP contribution in [0.15, 0.2) is 12.1 Å². The zero-order chi connectivity index (χ0) is 15.4. The lowest BCUT2D eigenvalue weighted by molar-refractivity contribution is -0.384. The first-order valence-corrected chi connectivity index (χ1v) is 6.91. The first kappa shape index (κ1) is 15.2. The molecule has 2 N–H and O–H groups in total. The molecule has 0 radical (unpaired) electrons. The summed E-state index contributed by atoms with van der Waals surface area (Å²) in [5.74, 6) is -0.0637. The van der Waals surface area contributed by atoms with Crippen molar-refractivity contribution in [3.8, 4) is 0 Å². The highest BCUT2D eigenvalue weighted by Crippen LogP contribution is 2.34. The van der Waals surface area contributed by atoms with E-state index in [-0.39, 0.29) is 17.6 Å². The molecule has 1 unspecified atom stereocenters. The molecule has 0 aromatic heterocycles. The van der Waals surface area contributed by atoms with Crippen molar-refractivity contribution < 1.29 is 14.5 Å². The normalized spacial score (nSPS) is 15.0. The average molecular weight is 293 g/mol. The van der Waals surface area contributed by atoms with Crippen LogP contribution >= 0.6 is 0 Å². The van der Waals surface area contributed by atoms with Gasteiger partial charge in [-0.1, -0.05) is 6.92 Å². The molecule has 1 aromatic rings. The fourth-order valence-corrected chi connectivity index (χ4v) is 2.36. The van der Waals surface area contributed by atoms with Gasteiger partial charge in [0.1, 0.15) is 5.69 Å². The first-order chi connectivity index (χ1) is 10.0. The van der Waals surface area contributed by atoms with Gasteiger partial charge in [-0.15, -0.1) is 0 Å². The number of ether oxygens (including phenoxy) is 1. The summed E-state index contributed by atoms with van der Waals surface area (Å²) >= 11 is 0. The van der Waals surface area contributed by atoms with Crippen molar-refractivity contribution in [2.24, 2.45) is 0 Å². The van der Waals surface area contributed by atoms with Crippen molar-refractivity contribution in [1.82, 2.24) is 0 Å². The van der Waals surface area contributed by atoms with Crippen LogP contribution in [0.3, 0.4) is 0 Å². The maximum absolute atomic E-state index is 11.5. The Bertz CT molecular complexity index is 559. The molecule has 21 heavy (non-hydrogen) atoms. The fourth-order valence-electron chi connectivity index (χ4n) is 2.36. The number of methoxy groups -OCH3 is 1. The van der Waals surface area contributed by atoms with Crippen LogP contribution in [0, 0.1) is 10.1 Å². The second kappa shape index (κ2) is 6.53. The summed E-state index contributed by atoms with van der Waals surface area (Å²) < 4.78 is 5.10. The predicted molar refractivity (Wildman–Crippen MR) is 79.6 cm³/mol. The van der Waals surface area contributed by atoms with Crippen molar-refractivity contribution in [3.63, 3.8) is 0 Å². The molecule has 114 valence electrons. The lowest BCUT2D eigenvalue weighted by Crippen LogP contribution is -2.25. The molecular weight excluding hydrogens is 274 g/mol. The number of aryl methyl sites for hydroxylation is 1. The number of nitrogens with one attached hydrogen (secondary N) is 2. The number of hydrogen-bond donors (Lipinski definition) is 2. The van der Waals surface area contributed by atoms with Gasteiger partial charge in [0.2, 0.25) is 5.91 Å². The Hall–Kier alpha value is -2.15. The summed E-state index contributed by atoms with van der Waals surface area (Å²) in [4.78, 5) is 22.3. The standard InChI is InChI=1S/C14H19N3O4/c1-3-10(8-21-2)15-12-7-11-9(4-5-14(18)16-11)6-13(12)17(19)20/h6-7,10,15H,3-5,8H2,1-2H3,(H,16,18). The van der Waals surface area contributed by atoms with E-state index in [1.165, 1.54) is 6.07 Å². The minimum Gasteiger partial charge on any atom is -0.383 e. The Morgan fingerprint density at radius 1 is 1.48 bits per heavy atom. The number of carbonyl (C=O) groups is 1. The van der Waals surface area contributed by atoms with Gasteiger partial charge in [-0.3, -0.25) is 14.9 Å². The first-order valence-electron chi connectivity index (χ1n) is 6.91. The average Bonchev–Trinajstić information content (AvgIpc) is 2.45. The van der Waals surface area contributed by atoms with Gasteiger partial charge in [-0.05, 0) is 24.5 Å². The zero-order valence-electron chi connectivity index (χ0n) is 12.1. The third kappa shape index (κ3) is 3.49. The number of nitrogens with zero attached hydrogens (tertiary/aromatic N) is 1. The van der Waals surface area contributed by atoms with E-state index in [1.807, 2.05) is 6.92 Å². The molecule has 1 aromatic carbocycles. The molecule has 7 nitrogen and oxygen atoms in total. The number of nitro benzene ring substituents is 1. The van der Waals surface area contributed by atoms with E-state index in [2.05, 4.69) is 10.6 Å². The Balaban J connectivity index is 2.35.